The molecule has 4 heterocycles. The van der Waals surface area contributed by atoms with Crippen LogP contribution >= 0.6 is 23.2 Å². The summed E-state index contributed by atoms with van der Waals surface area (Å²) in [4.78, 5) is 11.8. The fraction of sp³-hybridized carbons (Fsp3) is 0.0800. The molecular weight excluding hydrogens is 457 g/mol. The molecule has 0 atom stereocenters. The monoisotopic (exact) mass is 473 g/mol. The molecule has 2 aromatic carbocycles. The minimum atomic E-state index is 0.539. The molecule has 0 unspecified atom stereocenters. The Kier molecular flexibility index (Phi) is 4.89. The quantitative estimate of drug-likeness (QED) is 0.289. The minimum Gasteiger partial charge on any atom is -0.349 e. The zero-order chi connectivity index (χ0) is 22.4. The number of H-pyrrole nitrogens is 1. The van der Waals surface area contributed by atoms with Crippen LogP contribution in [0.3, 0.4) is 0 Å². The van der Waals surface area contributed by atoms with Gasteiger partial charge in [-0.15, -0.1) is 0 Å². The fourth-order valence-electron chi connectivity index (χ4n) is 4.02. The highest BCUT2D eigenvalue weighted by molar-refractivity contribution is 6.35. The first kappa shape index (κ1) is 20.0. The Morgan fingerprint density at radius 3 is 2.58 bits per heavy atom. The van der Waals surface area contributed by atoms with Crippen LogP contribution < -0.4 is 5.32 Å². The summed E-state index contributed by atoms with van der Waals surface area (Å²) in [5, 5.41) is 11.7. The van der Waals surface area contributed by atoms with Gasteiger partial charge in [-0.1, -0.05) is 40.5 Å². The summed E-state index contributed by atoms with van der Waals surface area (Å²) in [7, 11) is 0. The molecule has 33 heavy (non-hydrogen) atoms. The van der Waals surface area contributed by atoms with Gasteiger partial charge in [0.25, 0.3) is 0 Å². The van der Waals surface area contributed by atoms with Crippen molar-refractivity contribution in [2.24, 2.45) is 0 Å². The molecule has 0 saturated carbocycles. The van der Waals surface area contributed by atoms with E-state index in [4.69, 9.17) is 27.7 Å². The topological polar surface area (TPSA) is 79.6 Å². The normalized spacial score (nSPS) is 11.6. The van der Waals surface area contributed by atoms with E-state index in [1.54, 1.807) is 12.4 Å². The second-order valence-electron chi connectivity index (χ2n) is 7.95. The Balaban J connectivity index is 1.25. The number of benzene rings is 2. The van der Waals surface area contributed by atoms with Crippen LogP contribution in [0.1, 0.15) is 16.7 Å². The van der Waals surface area contributed by atoms with E-state index in [1.165, 1.54) is 5.56 Å². The van der Waals surface area contributed by atoms with Crippen LogP contribution in [0.5, 0.6) is 0 Å². The summed E-state index contributed by atoms with van der Waals surface area (Å²) in [6.07, 6.45) is 5.99. The van der Waals surface area contributed by atoms with Gasteiger partial charge < -0.3 is 14.8 Å². The molecule has 0 aliphatic heterocycles. The highest BCUT2D eigenvalue weighted by Gasteiger charge is 2.11. The van der Waals surface area contributed by atoms with Crippen molar-refractivity contribution in [2.75, 3.05) is 5.32 Å². The first-order valence-electron chi connectivity index (χ1n) is 10.4. The molecule has 6 nitrogen and oxygen atoms in total. The van der Waals surface area contributed by atoms with Gasteiger partial charge in [0.15, 0.2) is 0 Å². The van der Waals surface area contributed by atoms with Crippen molar-refractivity contribution in [2.45, 2.75) is 13.0 Å². The third-order valence-electron chi connectivity index (χ3n) is 5.65. The maximum absolute atomic E-state index is 6.22. The molecule has 0 bridgehead atoms. The van der Waals surface area contributed by atoms with E-state index in [1.807, 2.05) is 30.5 Å². The van der Waals surface area contributed by atoms with Crippen molar-refractivity contribution in [3.63, 3.8) is 0 Å². The Morgan fingerprint density at radius 2 is 1.67 bits per heavy atom. The zero-order valence-corrected chi connectivity index (χ0v) is 18.8. The molecule has 0 radical (unpaired) electrons. The number of rotatable bonds is 5. The lowest BCUT2D eigenvalue weighted by molar-refractivity contribution is 0.440. The van der Waals surface area contributed by atoms with Gasteiger partial charge in [0.1, 0.15) is 11.2 Å². The van der Waals surface area contributed by atoms with Gasteiger partial charge in [0, 0.05) is 35.9 Å². The van der Waals surface area contributed by atoms with E-state index >= 15 is 0 Å². The van der Waals surface area contributed by atoms with Gasteiger partial charge in [0.2, 0.25) is 5.88 Å². The number of nitrogens with zero attached hydrogens (tertiary/aromatic N) is 3. The van der Waals surface area contributed by atoms with E-state index in [9.17, 15) is 0 Å². The van der Waals surface area contributed by atoms with Crippen LogP contribution in [0.25, 0.3) is 32.8 Å². The van der Waals surface area contributed by atoms with Crippen molar-refractivity contribution >= 4 is 61.9 Å². The SMILES string of the molecule is Clc1cnc2ccc(Cc3ccc4noc(NCc5cnc6[nH]cc(Cl)c6c5)c4c3)cc2c1. The lowest BCUT2D eigenvalue weighted by atomic mass is 10.0. The highest BCUT2D eigenvalue weighted by atomic mass is 35.5. The number of anilines is 1. The number of aromatic nitrogens is 4. The predicted octanol–water partition coefficient (Wildman–Crippen LogP) is 6.76. The van der Waals surface area contributed by atoms with Crippen LogP contribution in [0.2, 0.25) is 10.0 Å². The number of hydrogen-bond acceptors (Lipinski definition) is 5. The number of fused-ring (bicyclic) bond motifs is 3. The average molecular weight is 474 g/mol. The molecule has 162 valence electrons. The second-order valence-corrected chi connectivity index (χ2v) is 8.79. The smallest absolute Gasteiger partial charge is 0.232 e. The van der Waals surface area contributed by atoms with Crippen LogP contribution in [0.4, 0.5) is 5.88 Å². The molecule has 6 aromatic rings. The number of aromatic amines is 1. The Bertz CT molecular complexity index is 1640. The molecular formula is C25H17Cl2N5O. The summed E-state index contributed by atoms with van der Waals surface area (Å²) in [5.41, 5.74) is 5.83. The highest BCUT2D eigenvalue weighted by Crippen LogP contribution is 2.28. The standard InChI is InChI=1S/C25H17Cl2N5O/c26-18-9-17-6-14(1-3-22(17)28-12-18)5-15-2-4-23-20(7-15)25(33-32-23)31-11-16-8-19-21(27)13-30-24(19)29-10-16/h1-4,6-10,12-13,31H,5,11H2,(H,29,30). The maximum atomic E-state index is 6.22. The molecule has 0 fully saturated rings. The van der Waals surface area contributed by atoms with E-state index in [0.29, 0.717) is 22.5 Å². The van der Waals surface area contributed by atoms with Crippen molar-refractivity contribution < 1.29 is 4.52 Å². The molecule has 4 aromatic heterocycles. The Morgan fingerprint density at radius 1 is 0.848 bits per heavy atom. The lowest BCUT2D eigenvalue weighted by Gasteiger charge is -2.06. The molecule has 0 aliphatic carbocycles. The molecule has 6 rings (SSSR count). The fourth-order valence-corrected chi connectivity index (χ4v) is 4.38. The predicted molar refractivity (Wildman–Crippen MR) is 132 cm³/mol. The molecule has 0 saturated heterocycles. The molecule has 8 heteroatoms. The van der Waals surface area contributed by atoms with E-state index in [0.717, 1.165) is 50.4 Å². The minimum absolute atomic E-state index is 0.539. The number of nitrogens with one attached hydrogen (secondary N) is 2. The summed E-state index contributed by atoms with van der Waals surface area (Å²) in [6, 6.07) is 16.3. The van der Waals surface area contributed by atoms with Crippen LogP contribution in [-0.2, 0) is 13.0 Å². The van der Waals surface area contributed by atoms with Crippen molar-refractivity contribution in [3.8, 4) is 0 Å². The largest absolute Gasteiger partial charge is 0.349 e. The van der Waals surface area contributed by atoms with Gasteiger partial charge in [-0.2, -0.15) is 0 Å². The van der Waals surface area contributed by atoms with Gasteiger partial charge >= 0.3 is 0 Å². The van der Waals surface area contributed by atoms with Crippen molar-refractivity contribution in [1.29, 1.82) is 0 Å². The summed E-state index contributed by atoms with van der Waals surface area (Å²) in [5.74, 6) is 0.626. The first-order chi connectivity index (χ1) is 16.1. The zero-order valence-electron chi connectivity index (χ0n) is 17.3. The molecule has 0 spiro atoms. The molecule has 0 aliphatic rings. The number of pyridine rings is 2. The van der Waals surface area contributed by atoms with Gasteiger partial charge in [-0.25, -0.2) is 4.98 Å². The summed E-state index contributed by atoms with van der Waals surface area (Å²) >= 11 is 12.3. The van der Waals surface area contributed by atoms with Crippen molar-refractivity contribution in [1.82, 2.24) is 20.1 Å². The van der Waals surface area contributed by atoms with E-state index in [-0.39, 0.29) is 0 Å². The lowest BCUT2D eigenvalue weighted by Crippen LogP contribution is -1.99. The Labute approximate surface area is 198 Å². The van der Waals surface area contributed by atoms with Crippen LogP contribution in [0, 0.1) is 0 Å². The van der Waals surface area contributed by atoms with Crippen LogP contribution in [0.15, 0.2) is 71.6 Å². The third kappa shape index (κ3) is 3.88. The number of halogens is 2. The second kappa shape index (κ2) is 8.06. The van der Waals surface area contributed by atoms with E-state index < -0.39 is 0 Å². The summed E-state index contributed by atoms with van der Waals surface area (Å²) < 4.78 is 5.57. The number of hydrogen-bond donors (Lipinski definition) is 2. The third-order valence-corrected chi connectivity index (χ3v) is 6.17. The van der Waals surface area contributed by atoms with Crippen LogP contribution in [-0.4, -0.2) is 20.1 Å². The maximum Gasteiger partial charge on any atom is 0.232 e. The Hall–Kier alpha value is -3.61. The summed E-state index contributed by atoms with van der Waals surface area (Å²) in [6.45, 7) is 0.539. The van der Waals surface area contributed by atoms with Gasteiger partial charge in [-0.05, 0) is 59.5 Å². The van der Waals surface area contributed by atoms with Gasteiger partial charge in [0.05, 0.1) is 20.9 Å². The molecule has 0 amide bonds. The average Bonchev–Trinajstić information content (AvgIpc) is 3.40. The molecule has 2 N–H and O–H groups in total. The van der Waals surface area contributed by atoms with Crippen molar-refractivity contribution in [3.05, 3.63) is 93.9 Å². The van der Waals surface area contributed by atoms with Gasteiger partial charge in [-0.3, -0.25) is 4.98 Å². The van der Waals surface area contributed by atoms with E-state index in [2.05, 4.69) is 49.7 Å². The first-order valence-corrected chi connectivity index (χ1v) is 11.2.